The third-order valence-corrected chi connectivity index (χ3v) is 3.78. The minimum Gasteiger partial charge on any atom is -0.465 e. The average Bonchev–Trinajstić information content (AvgIpc) is 2.33. The van der Waals surface area contributed by atoms with Crippen molar-refractivity contribution in [1.82, 2.24) is 5.32 Å². The van der Waals surface area contributed by atoms with Crippen LogP contribution in [0.15, 0.2) is 0 Å². The van der Waals surface area contributed by atoms with Crippen LogP contribution in [0.25, 0.3) is 0 Å². The predicted molar refractivity (Wildman–Crippen MR) is 72.4 cm³/mol. The molecular formula is C12H25NO3S. The van der Waals surface area contributed by atoms with Gasteiger partial charge in [-0.2, -0.15) is 11.8 Å². The van der Waals surface area contributed by atoms with Crippen molar-refractivity contribution in [2.45, 2.75) is 38.6 Å². The summed E-state index contributed by atoms with van der Waals surface area (Å²) >= 11 is 1.74. The molecule has 0 aliphatic rings. The molecule has 0 radical (unpaired) electrons. The Morgan fingerprint density at radius 1 is 1.41 bits per heavy atom. The molecule has 1 unspecified atom stereocenters. The van der Waals surface area contributed by atoms with Crippen LogP contribution < -0.4 is 5.32 Å². The molecule has 0 saturated heterocycles. The van der Waals surface area contributed by atoms with Crippen LogP contribution >= 0.6 is 11.8 Å². The number of esters is 1. The second-order valence-corrected chi connectivity index (χ2v) is 5.32. The number of unbranched alkanes of at least 4 members (excludes halogenated alkanes) is 1. The largest absolute Gasteiger partial charge is 0.465 e. The van der Waals surface area contributed by atoms with Crippen molar-refractivity contribution in [3.05, 3.63) is 0 Å². The van der Waals surface area contributed by atoms with E-state index >= 15 is 0 Å². The Bertz CT molecular complexity index is 214. The number of aliphatic hydroxyl groups excluding tert-OH is 1. The van der Waals surface area contributed by atoms with Gasteiger partial charge in [-0.25, -0.2) is 0 Å². The van der Waals surface area contributed by atoms with Crippen molar-refractivity contribution in [1.29, 1.82) is 0 Å². The maximum atomic E-state index is 11.7. The molecule has 0 heterocycles. The van der Waals surface area contributed by atoms with Crippen molar-refractivity contribution >= 4 is 17.7 Å². The summed E-state index contributed by atoms with van der Waals surface area (Å²) in [7, 11) is 1.79. The molecular weight excluding hydrogens is 238 g/mol. The van der Waals surface area contributed by atoms with Gasteiger partial charge in [-0.05, 0) is 39.5 Å². The molecule has 0 amide bonds. The molecule has 0 bridgehead atoms. The van der Waals surface area contributed by atoms with E-state index in [9.17, 15) is 4.79 Å². The van der Waals surface area contributed by atoms with Crippen LogP contribution in [0.3, 0.4) is 0 Å². The minimum absolute atomic E-state index is 0.175. The highest BCUT2D eigenvalue weighted by atomic mass is 32.2. The van der Waals surface area contributed by atoms with E-state index in [1.165, 1.54) is 0 Å². The molecule has 5 heteroatoms. The van der Waals surface area contributed by atoms with E-state index in [2.05, 4.69) is 5.32 Å². The zero-order valence-electron chi connectivity index (χ0n) is 11.1. The van der Waals surface area contributed by atoms with Gasteiger partial charge >= 0.3 is 5.97 Å². The third-order valence-electron chi connectivity index (χ3n) is 2.73. The number of rotatable bonds is 10. The first kappa shape index (κ1) is 16.7. The number of aliphatic hydroxyl groups is 1. The van der Waals surface area contributed by atoms with Crippen LogP contribution in [0.5, 0.6) is 0 Å². The number of hydrogen-bond donors (Lipinski definition) is 2. The monoisotopic (exact) mass is 263 g/mol. The van der Waals surface area contributed by atoms with Gasteiger partial charge in [0.2, 0.25) is 0 Å². The highest BCUT2D eigenvalue weighted by Crippen LogP contribution is 2.17. The van der Waals surface area contributed by atoms with E-state index in [1.807, 2.05) is 13.8 Å². The fraction of sp³-hybridized carbons (Fsp3) is 0.917. The van der Waals surface area contributed by atoms with Crippen LogP contribution in [0.1, 0.15) is 33.1 Å². The summed E-state index contributed by atoms with van der Waals surface area (Å²) in [5.74, 6) is 1.65. The van der Waals surface area contributed by atoms with Crippen molar-refractivity contribution in [2.24, 2.45) is 0 Å². The molecule has 0 rings (SSSR count). The number of hydrogen-bond acceptors (Lipinski definition) is 5. The summed E-state index contributed by atoms with van der Waals surface area (Å²) in [5.41, 5.74) is -0.572. The molecule has 0 aromatic rings. The number of nitrogens with one attached hydrogen (secondary N) is 1. The first-order valence-electron chi connectivity index (χ1n) is 6.15. The van der Waals surface area contributed by atoms with Crippen LogP contribution in [0.4, 0.5) is 0 Å². The van der Waals surface area contributed by atoms with E-state index in [-0.39, 0.29) is 12.6 Å². The van der Waals surface area contributed by atoms with E-state index in [1.54, 1.807) is 18.8 Å². The molecule has 0 aliphatic carbocycles. The quantitative estimate of drug-likeness (QED) is 0.461. The van der Waals surface area contributed by atoms with Gasteiger partial charge in [0.15, 0.2) is 0 Å². The Hall–Kier alpha value is -0.260. The lowest BCUT2D eigenvalue weighted by atomic mass is 9.95. The van der Waals surface area contributed by atoms with Crippen molar-refractivity contribution in [3.8, 4) is 0 Å². The molecule has 102 valence electrons. The van der Waals surface area contributed by atoms with Gasteiger partial charge in [0, 0.05) is 5.75 Å². The summed E-state index contributed by atoms with van der Waals surface area (Å²) in [6, 6.07) is 0. The summed E-state index contributed by atoms with van der Waals surface area (Å²) < 4.78 is 5.05. The summed E-state index contributed by atoms with van der Waals surface area (Å²) in [6.07, 6.45) is 2.82. The summed E-state index contributed by atoms with van der Waals surface area (Å²) in [6.45, 7) is 4.36. The van der Waals surface area contributed by atoms with Gasteiger partial charge < -0.3 is 15.2 Å². The molecule has 17 heavy (non-hydrogen) atoms. The molecule has 0 saturated carbocycles. The number of ether oxygens (including phenoxy) is 1. The van der Waals surface area contributed by atoms with Crippen LogP contribution in [0.2, 0.25) is 0 Å². The Morgan fingerprint density at radius 2 is 2.12 bits per heavy atom. The van der Waals surface area contributed by atoms with Gasteiger partial charge in [-0.1, -0.05) is 6.42 Å². The number of likely N-dealkylation sites (N-methyl/N-ethyl adjacent to an activating group) is 1. The predicted octanol–water partition coefficient (Wildman–Crippen LogP) is 1.42. The Balaban J connectivity index is 3.83. The molecule has 2 N–H and O–H groups in total. The lowest BCUT2D eigenvalue weighted by molar-refractivity contribution is -0.150. The summed E-state index contributed by atoms with van der Waals surface area (Å²) in [5, 5.41) is 11.7. The number of thioether (sulfide) groups is 1. The normalized spacial score (nSPS) is 14.4. The smallest absolute Gasteiger partial charge is 0.326 e. The Labute approximate surface area is 108 Å². The van der Waals surface area contributed by atoms with Crippen molar-refractivity contribution in [3.63, 3.8) is 0 Å². The molecule has 1 atom stereocenters. The molecule has 0 fully saturated rings. The lowest BCUT2D eigenvalue weighted by Gasteiger charge is -2.26. The zero-order chi connectivity index (χ0) is 13.1. The first-order chi connectivity index (χ1) is 8.10. The van der Waals surface area contributed by atoms with Crippen molar-refractivity contribution < 1.29 is 14.6 Å². The molecule has 0 aliphatic heterocycles. The van der Waals surface area contributed by atoms with Gasteiger partial charge in [-0.15, -0.1) is 0 Å². The highest BCUT2D eigenvalue weighted by molar-refractivity contribution is 7.99. The van der Waals surface area contributed by atoms with E-state index in [0.717, 1.165) is 30.8 Å². The van der Waals surface area contributed by atoms with E-state index < -0.39 is 5.54 Å². The van der Waals surface area contributed by atoms with Gasteiger partial charge in [0.1, 0.15) is 5.54 Å². The van der Waals surface area contributed by atoms with E-state index in [4.69, 9.17) is 9.84 Å². The zero-order valence-corrected chi connectivity index (χ0v) is 11.9. The molecule has 0 aromatic heterocycles. The van der Waals surface area contributed by atoms with E-state index in [0.29, 0.717) is 6.61 Å². The van der Waals surface area contributed by atoms with Crippen LogP contribution in [-0.2, 0) is 9.53 Å². The topological polar surface area (TPSA) is 58.6 Å². The first-order valence-corrected chi connectivity index (χ1v) is 7.31. The number of carbonyl (C=O) groups excluding carboxylic acids is 1. The number of carbonyl (C=O) groups is 1. The fourth-order valence-corrected chi connectivity index (χ4v) is 2.21. The van der Waals surface area contributed by atoms with Crippen LogP contribution in [0, 0.1) is 0 Å². The molecule has 0 aromatic carbocycles. The highest BCUT2D eigenvalue weighted by Gasteiger charge is 2.31. The maximum Gasteiger partial charge on any atom is 0.326 e. The Kier molecular flexibility index (Phi) is 9.59. The maximum absolute atomic E-state index is 11.7. The minimum atomic E-state index is -0.572. The standard InChI is InChI=1S/C12H25NO3S/c1-4-16-11(15)12(2,13-3)7-5-6-9-17-10-8-14/h13-14H,4-10H2,1-3H3. The van der Waals surface area contributed by atoms with Crippen molar-refractivity contribution in [2.75, 3.05) is 31.8 Å². The fourth-order valence-electron chi connectivity index (χ4n) is 1.47. The lowest BCUT2D eigenvalue weighted by Crippen LogP contribution is -2.48. The average molecular weight is 263 g/mol. The van der Waals surface area contributed by atoms with Gasteiger partial charge in [0.05, 0.1) is 13.2 Å². The third kappa shape index (κ3) is 6.91. The molecule has 0 spiro atoms. The molecule has 4 nitrogen and oxygen atoms in total. The van der Waals surface area contributed by atoms with Crippen LogP contribution in [-0.4, -0.2) is 48.4 Å². The second kappa shape index (κ2) is 9.74. The Morgan fingerprint density at radius 3 is 2.65 bits per heavy atom. The SMILES string of the molecule is CCOC(=O)C(C)(CCCCSCCO)NC. The van der Waals surface area contributed by atoms with Gasteiger partial charge in [0.25, 0.3) is 0 Å². The summed E-state index contributed by atoms with van der Waals surface area (Å²) in [4.78, 5) is 11.7. The second-order valence-electron chi connectivity index (χ2n) is 4.10. The van der Waals surface area contributed by atoms with Gasteiger partial charge in [-0.3, -0.25) is 4.79 Å².